The minimum atomic E-state index is -0.742. The highest BCUT2D eigenvalue weighted by Crippen LogP contribution is 2.29. The highest BCUT2D eigenvalue weighted by Gasteiger charge is 2.25. The van der Waals surface area contributed by atoms with Crippen molar-refractivity contribution < 1.29 is 13.6 Å². The van der Waals surface area contributed by atoms with E-state index < -0.39 is 17.5 Å². The van der Waals surface area contributed by atoms with E-state index in [1.165, 1.54) is 6.42 Å². The van der Waals surface area contributed by atoms with Gasteiger partial charge in [0.25, 0.3) is 5.91 Å². The maximum Gasteiger partial charge on any atom is 0.251 e. The number of carbonyl (C=O) groups is 1. The Morgan fingerprint density at radius 1 is 1.35 bits per heavy atom. The Hall–Kier alpha value is -1.65. The molecule has 1 aromatic rings. The summed E-state index contributed by atoms with van der Waals surface area (Å²) in [6.45, 7) is 4.10. The second kappa shape index (κ2) is 6.20. The van der Waals surface area contributed by atoms with E-state index in [-0.39, 0.29) is 17.3 Å². The third-order valence-corrected chi connectivity index (χ3v) is 3.87. The van der Waals surface area contributed by atoms with Crippen molar-refractivity contribution in [2.45, 2.75) is 39.2 Å². The molecule has 1 fully saturated rings. The second-order valence-corrected chi connectivity index (χ2v) is 5.30. The van der Waals surface area contributed by atoms with Crippen LogP contribution in [0.5, 0.6) is 0 Å². The molecule has 3 nitrogen and oxygen atoms in total. The molecule has 2 N–H and O–H groups in total. The van der Waals surface area contributed by atoms with Gasteiger partial charge in [-0.15, -0.1) is 0 Å². The van der Waals surface area contributed by atoms with E-state index in [4.69, 9.17) is 0 Å². The van der Waals surface area contributed by atoms with Gasteiger partial charge in [0.2, 0.25) is 0 Å². The number of carbonyl (C=O) groups excluding carboxylic acids is 1. The van der Waals surface area contributed by atoms with E-state index >= 15 is 0 Å². The fourth-order valence-electron chi connectivity index (χ4n) is 2.40. The zero-order chi connectivity index (χ0) is 14.7. The molecule has 0 spiro atoms. The van der Waals surface area contributed by atoms with Gasteiger partial charge in [-0.05, 0) is 44.7 Å². The third kappa shape index (κ3) is 3.08. The molecule has 0 heterocycles. The molecule has 5 heteroatoms. The number of amides is 1. The van der Waals surface area contributed by atoms with Crippen molar-refractivity contribution in [2.24, 2.45) is 5.92 Å². The lowest BCUT2D eigenvalue weighted by Crippen LogP contribution is -2.40. The van der Waals surface area contributed by atoms with Crippen LogP contribution >= 0.6 is 0 Å². The topological polar surface area (TPSA) is 41.1 Å². The van der Waals surface area contributed by atoms with Gasteiger partial charge in [0.15, 0.2) is 0 Å². The van der Waals surface area contributed by atoms with Crippen LogP contribution in [0.15, 0.2) is 12.1 Å². The van der Waals surface area contributed by atoms with E-state index in [0.29, 0.717) is 12.5 Å². The lowest BCUT2D eigenvalue weighted by atomic mass is 9.80. The fourth-order valence-corrected chi connectivity index (χ4v) is 2.40. The number of anilines is 1. The van der Waals surface area contributed by atoms with E-state index in [1.54, 1.807) is 6.92 Å². The molecule has 110 valence electrons. The van der Waals surface area contributed by atoms with Crippen LogP contribution in [-0.4, -0.2) is 18.5 Å². The Balaban J connectivity index is 2.09. The summed E-state index contributed by atoms with van der Waals surface area (Å²) in [6, 6.07) is 2.18. The van der Waals surface area contributed by atoms with E-state index in [0.717, 1.165) is 25.0 Å². The Bertz CT molecular complexity index is 478. The molecule has 0 bridgehead atoms. The monoisotopic (exact) mass is 282 g/mol. The zero-order valence-corrected chi connectivity index (χ0v) is 11.8. The first-order chi connectivity index (χ1) is 9.52. The predicted molar refractivity (Wildman–Crippen MR) is 74.8 cm³/mol. The molecular weight excluding hydrogens is 262 g/mol. The van der Waals surface area contributed by atoms with Gasteiger partial charge >= 0.3 is 0 Å². The number of hydrogen-bond donors (Lipinski definition) is 2. The molecule has 1 aliphatic rings. The quantitative estimate of drug-likeness (QED) is 0.870. The molecular formula is C15H20F2N2O. The first kappa shape index (κ1) is 14.8. The molecule has 2 rings (SSSR count). The van der Waals surface area contributed by atoms with Crippen molar-refractivity contribution >= 4 is 11.6 Å². The highest BCUT2D eigenvalue weighted by atomic mass is 19.1. The van der Waals surface area contributed by atoms with Crippen molar-refractivity contribution in [1.29, 1.82) is 0 Å². The summed E-state index contributed by atoms with van der Waals surface area (Å²) in [5, 5.41) is 5.42. The van der Waals surface area contributed by atoms with Crippen molar-refractivity contribution in [3.05, 3.63) is 29.3 Å². The summed E-state index contributed by atoms with van der Waals surface area (Å²) in [6.07, 6.45) is 3.39. The molecule has 0 radical (unpaired) electrons. The first-order valence-corrected chi connectivity index (χ1v) is 7.06. The van der Waals surface area contributed by atoms with Crippen LogP contribution in [0.3, 0.4) is 0 Å². The molecule has 1 amide bonds. The van der Waals surface area contributed by atoms with Gasteiger partial charge in [-0.25, -0.2) is 8.78 Å². The minimum Gasteiger partial charge on any atom is -0.381 e. The minimum absolute atomic E-state index is 0.0211. The van der Waals surface area contributed by atoms with E-state index in [9.17, 15) is 13.6 Å². The van der Waals surface area contributed by atoms with E-state index in [2.05, 4.69) is 10.6 Å². The Labute approximate surface area is 117 Å². The molecule has 1 aliphatic carbocycles. The summed E-state index contributed by atoms with van der Waals surface area (Å²) < 4.78 is 27.5. The largest absolute Gasteiger partial charge is 0.381 e. The van der Waals surface area contributed by atoms with Crippen LogP contribution in [0.25, 0.3) is 0 Å². The molecule has 1 aromatic carbocycles. The van der Waals surface area contributed by atoms with Crippen molar-refractivity contribution in [2.75, 3.05) is 11.9 Å². The van der Waals surface area contributed by atoms with Crippen LogP contribution in [0, 0.1) is 17.6 Å². The number of rotatable bonds is 5. The smallest absolute Gasteiger partial charge is 0.251 e. The average Bonchev–Trinajstić information content (AvgIpc) is 2.31. The zero-order valence-electron chi connectivity index (χ0n) is 11.8. The van der Waals surface area contributed by atoms with Gasteiger partial charge in [-0.3, -0.25) is 4.79 Å². The van der Waals surface area contributed by atoms with Crippen molar-refractivity contribution in [3.63, 3.8) is 0 Å². The van der Waals surface area contributed by atoms with Crippen molar-refractivity contribution in [3.8, 4) is 0 Å². The molecule has 0 saturated heterocycles. The molecule has 1 unspecified atom stereocenters. The van der Waals surface area contributed by atoms with Gasteiger partial charge in [-0.1, -0.05) is 6.42 Å². The van der Waals surface area contributed by atoms with Gasteiger partial charge in [0.05, 0.1) is 0 Å². The fraction of sp³-hybridized carbons (Fsp3) is 0.533. The van der Waals surface area contributed by atoms with E-state index in [1.807, 2.05) is 6.92 Å². The van der Waals surface area contributed by atoms with Crippen LogP contribution in [-0.2, 0) is 0 Å². The number of nitrogens with one attached hydrogen (secondary N) is 2. The molecule has 0 aromatic heterocycles. The molecule has 0 aliphatic heterocycles. The highest BCUT2D eigenvalue weighted by molar-refractivity contribution is 5.94. The SMILES string of the molecule is CCNc1c(F)cc(C(=O)NC(C)C2CCC2)cc1F. The van der Waals surface area contributed by atoms with Crippen molar-refractivity contribution in [1.82, 2.24) is 5.32 Å². The molecule has 1 saturated carbocycles. The van der Waals surface area contributed by atoms with Crippen LogP contribution < -0.4 is 10.6 Å². The molecule has 1 atom stereocenters. The number of benzene rings is 1. The summed E-state index contributed by atoms with van der Waals surface area (Å²) in [7, 11) is 0. The normalized spacial score (nSPS) is 16.4. The number of halogens is 2. The van der Waals surface area contributed by atoms with Gasteiger partial charge < -0.3 is 10.6 Å². The standard InChI is InChI=1S/C15H20F2N2O/c1-3-18-14-12(16)7-11(8-13(14)17)15(20)19-9(2)10-5-4-6-10/h7-10,18H,3-6H2,1-2H3,(H,19,20). The summed E-state index contributed by atoms with van der Waals surface area (Å²) >= 11 is 0. The van der Waals surface area contributed by atoms with Crippen LogP contribution in [0.4, 0.5) is 14.5 Å². The van der Waals surface area contributed by atoms with Gasteiger partial charge in [0.1, 0.15) is 17.3 Å². The summed E-state index contributed by atoms with van der Waals surface area (Å²) in [5.74, 6) is -1.43. The van der Waals surface area contributed by atoms with Crippen LogP contribution in [0.1, 0.15) is 43.5 Å². The lowest BCUT2D eigenvalue weighted by molar-refractivity contribution is 0.0908. The average molecular weight is 282 g/mol. The molecule has 20 heavy (non-hydrogen) atoms. The third-order valence-electron chi connectivity index (χ3n) is 3.87. The summed E-state index contributed by atoms with van der Waals surface area (Å²) in [5.41, 5.74) is -0.163. The first-order valence-electron chi connectivity index (χ1n) is 7.06. The number of hydrogen-bond acceptors (Lipinski definition) is 2. The van der Waals surface area contributed by atoms with Gasteiger partial charge in [-0.2, -0.15) is 0 Å². The Morgan fingerprint density at radius 3 is 2.40 bits per heavy atom. The Kier molecular flexibility index (Phi) is 4.57. The van der Waals surface area contributed by atoms with Gasteiger partial charge in [0, 0.05) is 18.2 Å². The summed E-state index contributed by atoms with van der Waals surface area (Å²) in [4.78, 5) is 12.0. The lowest BCUT2D eigenvalue weighted by Gasteiger charge is -2.31. The maximum absolute atomic E-state index is 13.7. The Morgan fingerprint density at radius 2 is 1.95 bits per heavy atom. The van der Waals surface area contributed by atoms with Crippen LogP contribution in [0.2, 0.25) is 0 Å². The predicted octanol–water partition coefficient (Wildman–Crippen LogP) is 3.32. The maximum atomic E-state index is 13.7. The second-order valence-electron chi connectivity index (χ2n) is 5.30.